The highest BCUT2D eigenvalue weighted by Gasteiger charge is 1.68. The van der Waals surface area contributed by atoms with Gasteiger partial charge in [0, 0.05) is 0 Å². The van der Waals surface area contributed by atoms with Crippen LogP contribution in [0.2, 0.25) is 0 Å². The van der Waals surface area contributed by atoms with Gasteiger partial charge in [-0.25, -0.2) is 0 Å². The number of nitrogens with one attached hydrogen (secondary N) is 1. The lowest BCUT2D eigenvalue weighted by Crippen LogP contribution is -2.09. The van der Waals surface area contributed by atoms with Crippen LogP contribution in [0.15, 0.2) is 0 Å². The van der Waals surface area contributed by atoms with Gasteiger partial charge in [-0.05, 0) is 19.3 Å². The molecule has 0 aliphatic heterocycles. The topological polar surface area (TPSA) is 12.0 Å². The number of hydrogen-bond acceptors (Lipinski definition) is 1. The Hall–Kier alpha value is 0.390. The van der Waals surface area contributed by atoms with Crippen molar-refractivity contribution in [3.8, 4) is 0 Å². The van der Waals surface area contributed by atoms with Crippen LogP contribution in [0.3, 0.4) is 0 Å². The molecule has 0 aliphatic carbocycles. The summed E-state index contributed by atoms with van der Waals surface area (Å²) in [6.45, 7) is 8.59. The third-order valence-corrected chi connectivity index (χ3v) is 1.47. The first-order chi connectivity index (χ1) is 4.83. The van der Waals surface area contributed by atoms with Crippen molar-refractivity contribution >= 4 is 9.24 Å². The Morgan fingerprint density at radius 1 is 1.10 bits per heavy atom. The summed E-state index contributed by atoms with van der Waals surface area (Å²) in [4.78, 5) is 0. The molecule has 0 aromatic rings. The van der Waals surface area contributed by atoms with Gasteiger partial charge < -0.3 is 5.32 Å². The van der Waals surface area contributed by atoms with Gasteiger partial charge in [0.1, 0.15) is 0 Å². The summed E-state index contributed by atoms with van der Waals surface area (Å²) in [6.07, 6.45) is 3.94. The van der Waals surface area contributed by atoms with E-state index in [4.69, 9.17) is 0 Å². The summed E-state index contributed by atoms with van der Waals surface area (Å²) in [6, 6.07) is 0. The molecule has 0 spiro atoms. The average Bonchev–Trinajstić information content (AvgIpc) is 1.93. The SMILES string of the molecule is CCCCP.CCNCC. The quantitative estimate of drug-likeness (QED) is 0.627. The summed E-state index contributed by atoms with van der Waals surface area (Å²) in [5.41, 5.74) is 0. The summed E-state index contributed by atoms with van der Waals surface area (Å²) in [7, 11) is 2.70. The van der Waals surface area contributed by atoms with E-state index in [0.717, 1.165) is 13.1 Å². The molecule has 0 aromatic heterocycles. The highest BCUT2D eigenvalue weighted by Crippen LogP contribution is 1.89. The molecule has 0 rings (SSSR count). The van der Waals surface area contributed by atoms with Crippen molar-refractivity contribution in [2.24, 2.45) is 0 Å². The van der Waals surface area contributed by atoms with Crippen molar-refractivity contribution in [3.63, 3.8) is 0 Å². The zero-order valence-corrected chi connectivity index (χ0v) is 8.77. The van der Waals surface area contributed by atoms with E-state index in [-0.39, 0.29) is 0 Å². The van der Waals surface area contributed by atoms with Crippen LogP contribution in [-0.2, 0) is 0 Å². The Bertz CT molecular complexity index is 30.2. The van der Waals surface area contributed by atoms with Gasteiger partial charge in [-0.2, -0.15) is 0 Å². The minimum Gasteiger partial charge on any atom is -0.317 e. The standard InChI is InChI=1S/C4H11N.C4H11P/c1-3-5-4-2;1-2-3-4-5/h5H,3-4H2,1-2H3;2-5H2,1H3. The molecule has 0 fully saturated rings. The fourth-order valence-corrected chi connectivity index (χ4v) is 0.862. The van der Waals surface area contributed by atoms with Gasteiger partial charge in [0.05, 0.1) is 0 Å². The maximum absolute atomic E-state index is 3.11. The van der Waals surface area contributed by atoms with E-state index in [1.807, 2.05) is 0 Å². The second-order valence-corrected chi connectivity index (χ2v) is 2.68. The van der Waals surface area contributed by atoms with Gasteiger partial charge in [0.2, 0.25) is 0 Å². The van der Waals surface area contributed by atoms with E-state index in [1.54, 1.807) is 0 Å². The van der Waals surface area contributed by atoms with Crippen molar-refractivity contribution in [2.45, 2.75) is 33.6 Å². The molecule has 1 nitrogen and oxygen atoms in total. The molecule has 1 unspecified atom stereocenters. The molecular weight excluding hydrogens is 141 g/mol. The maximum Gasteiger partial charge on any atom is -0.00775 e. The van der Waals surface area contributed by atoms with Gasteiger partial charge >= 0.3 is 0 Å². The lowest BCUT2D eigenvalue weighted by atomic mass is 10.4. The summed E-state index contributed by atoms with van der Waals surface area (Å²) in [5.74, 6) is 0. The normalized spacial score (nSPS) is 8.40. The highest BCUT2D eigenvalue weighted by atomic mass is 31.0. The van der Waals surface area contributed by atoms with Crippen molar-refractivity contribution in [3.05, 3.63) is 0 Å². The minimum atomic E-state index is 1.09. The van der Waals surface area contributed by atoms with Crippen LogP contribution >= 0.6 is 9.24 Å². The number of rotatable bonds is 4. The molecule has 1 atom stereocenters. The Labute approximate surface area is 68.2 Å². The first kappa shape index (κ1) is 13.0. The highest BCUT2D eigenvalue weighted by molar-refractivity contribution is 7.16. The van der Waals surface area contributed by atoms with Gasteiger partial charge in [0.25, 0.3) is 0 Å². The summed E-state index contributed by atoms with van der Waals surface area (Å²) in [5, 5.41) is 3.11. The van der Waals surface area contributed by atoms with E-state index in [0.29, 0.717) is 0 Å². The van der Waals surface area contributed by atoms with Gasteiger partial charge in [0.15, 0.2) is 0 Å². The van der Waals surface area contributed by atoms with Crippen molar-refractivity contribution < 1.29 is 0 Å². The number of unbranched alkanes of at least 4 members (excludes halogenated alkanes) is 1. The molecule has 0 heterocycles. The molecule has 10 heavy (non-hydrogen) atoms. The van der Waals surface area contributed by atoms with Gasteiger partial charge in [-0.3, -0.25) is 0 Å². The zero-order chi connectivity index (χ0) is 8.24. The molecule has 0 saturated heterocycles. The van der Waals surface area contributed by atoms with E-state index in [2.05, 4.69) is 35.3 Å². The summed E-state index contributed by atoms with van der Waals surface area (Å²) < 4.78 is 0. The first-order valence-electron chi connectivity index (χ1n) is 4.24. The predicted molar refractivity (Wildman–Crippen MR) is 53.7 cm³/mol. The van der Waals surface area contributed by atoms with Crippen molar-refractivity contribution in [2.75, 3.05) is 19.3 Å². The van der Waals surface area contributed by atoms with Gasteiger partial charge in [-0.15, -0.1) is 9.24 Å². The molecule has 0 saturated carbocycles. The third kappa shape index (κ3) is 23.8. The van der Waals surface area contributed by atoms with Crippen molar-refractivity contribution in [1.29, 1.82) is 0 Å². The molecule has 0 radical (unpaired) electrons. The van der Waals surface area contributed by atoms with Gasteiger partial charge in [-0.1, -0.05) is 33.6 Å². The average molecular weight is 163 g/mol. The number of hydrogen-bond donors (Lipinski definition) is 1. The van der Waals surface area contributed by atoms with E-state index < -0.39 is 0 Å². The van der Waals surface area contributed by atoms with Crippen LogP contribution < -0.4 is 5.32 Å². The van der Waals surface area contributed by atoms with E-state index in [9.17, 15) is 0 Å². The molecular formula is C8H22NP. The third-order valence-electron chi connectivity index (χ3n) is 1.06. The molecule has 0 bridgehead atoms. The van der Waals surface area contributed by atoms with E-state index in [1.165, 1.54) is 19.0 Å². The van der Waals surface area contributed by atoms with Crippen LogP contribution in [0, 0.1) is 0 Å². The molecule has 0 aliphatic rings. The smallest absolute Gasteiger partial charge is 0.00775 e. The van der Waals surface area contributed by atoms with E-state index >= 15 is 0 Å². The second kappa shape index (κ2) is 16.2. The molecule has 0 amide bonds. The van der Waals surface area contributed by atoms with Crippen LogP contribution in [0.25, 0.3) is 0 Å². The predicted octanol–water partition coefficient (Wildman–Crippen LogP) is 2.28. The molecule has 1 N–H and O–H groups in total. The fraction of sp³-hybridized carbons (Fsp3) is 1.00. The van der Waals surface area contributed by atoms with Crippen LogP contribution in [0.4, 0.5) is 0 Å². The Kier molecular flexibility index (Phi) is 21.1. The van der Waals surface area contributed by atoms with Crippen LogP contribution in [-0.4, -0.2) is 19.3 Å². The largest absolute Gasteiger partial charge is 0.317 e. The molecule has 64 valence electrons. The zero-order valence-electron chi connectivity index (χ0n) is 7.61. The van der Waals surface area contributed by atoms with Crippen molar-refractivity contribution in [1.82, 2.24) is 5.32 Å². The van der Waals surface area contributed by atoms with Crippen LogP contribution in [0.5, 0.6) is 0 Å². The monoisotopic (exact) mass is 163 g/mol. The minimum absolute atomic E-state index is 1.09. The van der Waals surface area contributed by atoms with Crippen LogP contribution in [0.1, 0.15) is 33.6 Å². The lowest BCUT2D eigenvalue weighted by Gasteiger charge is -1.86. The first-order valence-corrected chi connectivity index (χ1v) is 5.05. The molecule has 2 heteroatoms. The summed E-state index contributed by atoms with van der Waals surface area (Å²) >= 11 is 0. The fourth-order valence-electron chi connectivity index (χ4n) is 0.454. The lowest BCUT2D eigenvalue weighted by molar-refractivity contribution is 0.762. The second-order valence-electron chi connectivity index (χ2n) is 2.10. The Balaban J connectivity index is 0. The maximum atomic E-state index is 3.11. The molecule has 0 aromatic carbocycles. The Morgan fingerprint density at radius 2 is 1.60 bits per heavy atom. The Morgan fingerprint density at radius 3 is 1.60 bits per heavy atom.